The first kappa shape index (κ1) is 16.0. The molecule has 1 amide bonds. The van der Waals surface area contributed by atoms with Gasteiger partial charge in [-0.3, -0.25) is 4.79 Å². The van der Waals surface area contributed by atoms with Gasteiger partial charge in [-0.2, -0.15) is 0 Å². The van der Waals surface area contributed by atoms with Crippen LogP contribution in [0.3, 0.4) is 0 Å². The van der Waals surface area contributed by atoms with Crippen molar-refractivity contribution in [2.75, 3.05) is 6.54 Å². The molecule has 0 saturated carbocycles. The Hall–Kier alpha value is -1.35. The summed E-state index contributed by atoms with van der Waals surface area (Å²) < 4.78 is 0. The second kappa shape index (κ2) is 6.61. The van der Waals surface area contributed by atoms with E-state index in [0.717, 1.165) is 19.3 Å². The average molecular weight is 289 g/mol. The predicted molar refractivity (Wildman–Crippen MR) is 85.0 cm³/mol. The zero-order valence-corrected chi connectivity index (χ0v) is 13.4. The third-order valence-electron chi connectivity index (χ3n) is 4.21. The number of fused-ring (bicyclic) bond motifs is 1. The van der Waals surface area contributed by atoms with Crippen LogP contribution in [0.25, 0.3) is 0 Å². The van der Waals surface area contributed by atoms with Gasteiger partial charge in [-0.05, 0) is 49.7 Å². The molecule has 0 radical (unpaired) electrons. The van der Waals surface area contributed by atoms with E-state index in [9.17, 15) is 9.90 Å². The second-order valence-electron chi connectivity index (χ2n) is 7.02. The van der Waals surface area contributed by atoms with Crippen LogP contribution >= 0.6 is 0 Å². The highest BCUT2D eigenvalue weighted by Gasteiger charge is 2.27. The molecular weight excluding hydrogens is 262 g/mol. The fraction of sp³-hybridized carbons (Fsp3) is 0.611. The molecule has 0 heterocycles. The van der Waals surface area contributed by atoms with Crippen molar-refractivity contribution < 1.29 is 9.90 Å². The van der Waals surface area contributed by atoms with E-state index in [2.05, 4.69) is 37.4 Å². The Labute approximate surface area is 127 Å². The Balaban J connectivity index is 1.88. The van der Waals surface area contributed by atoms with Gasteiger partial charge in [-0.25, -0.2) is 0 Å². The van der Waals surface area contributed by atoms with Gasteiger partial charge in [-0.1, -0.05) is 38.1 Å². The normalized spacial score (nSPS) is 20.7. The molecule has 2 unspecified atom stereocenters. The molecular formula is C18H27NO2. The van der Waals surface area contributed by atoms with Gasteiger partial charge in [0.1, 0.15) is 0 Å². The molecule has 2 atom stereocenters. The topological polar surface area (TPSA) is 49.3 Å². The van der Waals surface area contributed by atoms with Crippen molar-refractivity contribution in [3.63, 3.8) is 0 Å². The van der Waals surface area contributed by atoms with E-state index in [1.54, 1.807) is 6.92 Å². The molecule has 0 saturated heterocycles. The van der Waals surface area contributed by atoms with Crippen molar-refractivity contribution in [3.8, 4) is 0 Å². The summed E-state index contributed by atoms with van der Waals surface area (Å²) >= 11 is 0. The minimum Gasteiger partial charge on any atom is -0.388 e. The molecule has 0 bridgehead atoms. The van der Waals surface area contributed by atoms with Crippen LogP contribution in [-0.2, 0) is 17.6 Å². The lowest BCUT2D eigenvalue weighted by Crippen LogP contribution is -2.44. The maximum Gasteiger partial charge on any atom is 0.223 e. The molecule has 0 aliphatic heterocycles. The number of nitrogens with one attached hydrogen (secondary N) is 1. The quantitative estimate of drug-likeness (QED) is 0.875. The molecule has 0 fully saturated rings. The third kappa shape index (κ3) is 4.57. The number of benzene rings is 1. The van der Waals surface area contributed by atoms with E-state index in [1.165, 1.54) is 11.1 Å². The van der Waals surface area contributed by atoms with Gasteiger partial charge in [0, 0.05) is 12.5 Å². The molecule has 0 spiro atoms. The summed E-state index contributed by atoms with van der Waals surface area (Å²) in [6.07, 6.45) is 3.38. The van der Waals surface area contributed by atoms with Gasteiger partial charge in [-0.15, -0.1) is 0 Å². The van der Waals surface area contributed by atoms with Crippen LogP contribution in [0.2, 0.25) is 0 Å². The van der Waals surface area contributed by atoms with E-state index in [0.29, 0.717) is 18.9 Å². The number of aryl methyl sites for hydroxylation is 1. The fourth-order valence-corrected chi connectivity index (χ4v) is 3.30. The number of amides is 1. The van der Waals surface area contributed by atoms with E-state index >= 15 is 0 Å². The molecule has 1 aliphatic rings. The van der Waals surface area contributed by atoms with Crippen molar-refractivity contribution in [2.24, 2.45) is 11.8 Å². The molecule has 3 nitrogen and oxygen atoms in total. The number of carbonyl (C=O) groups excluding carboxylic acids is 1. The number of hydrogen-bond donors (Lipinski definition) is 2. The summed E-state index contributed by atoms with van der Waals surface area (Å²) in [5.41, 5.74) is 1.84. The molecule has 3 heteroatoms. The predicted octanol–water partition coefficient (Wildman–Crippen LogP) is 2.70. The number of hydrogen-bond acceptors (Lipinski definition) is 2. The SMILES string of the molecule is CC(C)CC(C)(O)CNC(=O)C1CCc2ccccc2C1. The summed E-state index contributed by atoms with van der Waals surface area (Å²) in [7, 11) is 0. The van der Waals surface area contributed by atoms with Gasteiger partial charge in [0.05, 0.1) is 5.60 Å². The van der Waals surface area contributed by atoms with E-state index in [1.807, 2.05) is 6.07 Å². The molecule has 1 aliphatic carbocycles. The molecule has 2 rings (SSSR count). The summed E-state index contributed by atoms with van der Waals surface area (Å²) in [6, 6.07) is 8.36. The minimum atomic E-state index is -0.823. The highest BCUT2D eigenvalue weighted by atomic mass is 16.3. The number of aliphatic hydroxyl groups is 1. The monoisotopic (exact) mass is 289 g/mol. The first-order valence-corrected chi connectivity index (χ1v) is 7.94. The van der Waals surface area contributed by atoms with Crippen LogP contribution in [0.15, 0.2) is 24.3 Å². The largest absolute Gasteiger partial charge is 0.388 e. The smallest absolute Gasteiger partial charge is 0.223 e. The van der Waals surface area contributed by atoms with Gasteiger partial charge in [0.25, 0.3) is 0 Å². The lowest BCUT2D eigenvalue weighted by molar-refractivity contribution is -0.126. The summed E-state index contributed by atoms with van der Waals surface area (Å²) in [5, 5.41) is 13.2. The van der Waals surface area contributed by atoms with E-state index in [4.69, 9.17) is 0 Å². The van der Waals surface area contributed by atoms with Crippen LogP contribution in [0.1, 0.15) is 44.7 Å². The van der Waals surface area contributed by atoms with E-state index < -0.39 is 5.60 Å². The second-order valence-corrected chi connectivity index (χ2v) is 7.02. The first-order chi connectivity index (χ1) is 9.87. The Bertz CT molecular complexity index is 494. The van der Waals surface area contributed by atoms with E-state index in [-0.39, 0.29) is 11.8 Å². The van der Waals surface area contributed by atoms with Crippen molar-refractivity contribution >= 4 is 5.91 Å². The highest BCUT2D eigenvalue weighted by molar-refractivity contribution is 5.79. The molecule has 1 aromatic rings. The van der Waals surface area contributed by atoms with Crippen LogP contribution in [0.4, 0.5) is 0 Å². The highest BCUT2D eigenvalue weighted by Crippen LogP contribution is 2.25. The summed E-state index contributed by atoms with van der Waals surface area (Å²) in [4.78, 5) is 12.3. The Morgan fingerprint density at radius 1 is 1.38 bits per heavy atom. The van der Waals surface area contributed by atoms with Crippen molar-refractivity contribution in [1.82, 2.24) is 5.32 Å². The van der Waals surface area contributed by atoms with Crippen LogP contribution < -0.4 is 5.32 Å². The Morgan fingerprint density at radius 3 is 2.71 bits per heavy atom. The molecule has 1 aromatic carbocycles. The van der Waals surface area contributed by atoms with Crippen LogP contribution in [0, 0.1) is 11.8 Å². The third-order valence-corrected chi connectivity index (χ3v) is 4.21. The lowest BCUT2D eigenvalue weighted by Gasteiger charge is -2.28. The van der Waals surface area contributed by atoms with Gasteiger partial charge < -0.3 is 10.4 Å². The van der Waals surface area contributed by atoms with Crippen LogP contribution in [-0.4, -0.2) is 23.2 Å². The number of rotatable bonds is 5. The van der Waals surface area contributed by atoms with Gasteiger partial charge >= 0.3 is 0 Å². The van der Waals surface area contributed by atoms with Gasteiger partial charge in [0.2, 0.25) is 5.91 Å². The zero-order valence-electron chi connectivity index (χ0n) is 13.4. The molecule has 2 N–H and O–H groups in total. The standard InChI is InChI=1S/C18H27NO2/c1-13(2)11-18(3,21)12-19-17(20)16-9-8-14-6-4-5-7-15(14)10-16/h4-7,13,16,21H,8-12H2,1-3H3,(H,19,20). The van der Waals surface area contributed by atoms with Crippen molar-refractivity contribution in [1.29, 1.82) is 0 Å². The summed E-state index contributed by atoms with van der Waals surface area (Å²) in [6.45, 7) is 6.29. The minimum absolute atomic E-state index is 0.0368. The Kier molecular flexibility index (Phi) is 5.04. The molecule has 0 aromatic heterocycles. The van der Waals surface area contributed by atoms with Crippen molar-refractivity contribution in [2.45, 2.75) is 52.1 Å². The van der Waals surface area contributed by atoms with Crippen LogP contribution in [0.5, 0.6) is 0 Å². The average Bonchev–Trinajstić information content (AvgIpc) is 2.43. The Morgan fingerprint density at radius 2 is 2.05 bits per heavy atom. The first-order valence-electron chi connectivity index (χ1n) is 7.94. The van der Waals surface area contributed by atoms with Gasteiger partial charge in [0.15, 0.2) is 0 Å². The molecule has 21 heavy (non-hydrogen) atoms. The number of carbonyl (C=O) groups is 1. The maximum atomic E-state index is 12.3. The molecule has 116 valence electrons. The van der Waals surface area contributed by atoms with Crippen molar-refractivity contribution in [3.05, 3.63) is 35.4 Å². The fourth-order valence-electron chi connectivity index (χ4n) is 3.30. The lowest BCUT2D eigenvalue weighted by atomic mass is 9.83. The maximum absolute atomic E-state index is 12.3. The summed E-state index contributed by atoms with van der Waals surface area (Å²) in [5.74, 6) is 0.529. The zero-order chi connectivity index (χ0) is 15.5.